The molecule has 9 heteroatoms. The van der Waals surface area contributed by atoms with Gasteiger partial charge in [0.15, 0.2) is 5.82 Å². The van der Waals surface area contributed by atoms with E-state index in [1.165, 1.54) is 18.5 Å². The summed E-state index contributed by atoms with van der Waals surface area (Å²) in [7, 11) is 0. The normalized spacial score (nSPS) is 19.2. The summed E-state index contributed by atoms with van der Waals surface area (Å²) in [6, 6.07) is 4.52. The third-order valence-corrected chi connectivity index (χ3v) is 4.41. The Kier molecular flexibility index (Phi) is 4.52. The number of ether oxygens (including phenoxy) is 2. The van der Waals surface area contributed by atoms with E-state index in [9.17, 15) is 4.39 Å². The molecule has 0 radical (unpaired) electrons. The van der Waals surface area contributed by atoms with Crippen LogP contribution in [0.1, 0.15) is 6.92 Å². The number of halogens is 2. The molecule has 0 spiro atoms. The molecule has 7 nitrogen and oxygen atoms in total. The molecule has 1 aliphatic rings. The monoisotopic (exact) mass is 375 g/mol. The summed E-state index contributed by atoms with van der Waals surface area (Å²) in [4.78, 5) is 16.9. The van der Waals surface area contributed by atoms with Crippen LogP contribution in [0.4, 0.5) is 15.9 Å². The summed E-state index contributed by atoms with van der Waals surface area (Å²) >= 11 is 5.82. The van der Waals surface area contributed by atoms with Gasteiger partial charge in [0.1, 0.15) is 29.8 Å². The van der Waals surface area contributed by atoms with Gasteiger partial charge in [-0.25, -0.2) is 19.3 Å². The van der Waals surface area contributed by atoms with Crippen molar-refractivity contribution < 1.29 is 13.9 Å². The van der Waals surface area contributed by atoms with Crippen molar-refractivity contribution in [1.82, 2.24) is 19.9 Å². The lowest BCUT2D eigenvalue weighted by molar-refractivity contribution is -0.124. The van der Waals surface area contributed by atoms with Crippen LogP contribution in [-0.4, -0.2) is 39.3 Å². The molecule has 0 aliphatic carbocycles. The van der Waals surface area contributed by atoms with Gasteiger partial charge in [-0.1, -0.05) is 18.5 Å². The average molecular weight is 376 g/mol. The summed E-state index contributed by atoms with van der Waals surface area (Å²) < 4.78 is 24.4. The standard InChI is InChI=1S/C17H15ClFN5O2/c1-9-6-25-14(9)7-26-17-20-5-13-15(24-17)16(22-8-21-13)23-10-2-3-12(19)11(18)4-10/h2-5,8-9,14H,6-7H2,1H3,(H,21,22,23). The molecule has 1 fully saturated rings. The summed E-state index contributed by atoms with van der Waals surface area (Å²) in [5.41, 5.74) is 1.62. The first-order valence-electron chi connectivity index (χ1n) is 8.04. The van der Waals surface area contributed by atoms with Crippen LogP contribution in [0.3, 0.4) is 0 Å². The molecule has 1 N–H and O–H groups in total. The van der Waals surface area contributed by atoms with Crippen LogP contribution in [0.25, 0.3) is 11.0 Å². The summed E-state index contributed by atoms with van der Waals surface area (Å²) in [6.07, 6.45) is 3.01. The zero-order valence-corrected chi connectivity index (χ0v) is 14.6. The Bertz CT molecular complexity index is 958. The molecule has 3 heterocycles. The molecular formula is C17H15ClFN5O2. The van der Waals surface area contributed by atoms with Crippen LogP contribution < -0.4 is 10.1 Å². The van der Waals surface area contributed by atoms with Gasteiger partial charge in [0.25, 0.3) is 0 Å². The predicted molar refractivity (Wildman–Crippen MR) is 94.2 cm³/mol. The first-order chi connectivity index (χ1) is 12.6. The fraction of sp³-hybridized carbons (Fsp3) is 0.294. The maximum Gasteiger partial charge on any atom is 0.317 e. The minimum Gasteiger partial charge on any atom is -0.461 e. The van der Waals surface area contributed by atoms with E-state index >= 15 is 0 Å². The lowest BCUT2D eigenvalue weighted by atomic mass is 10.0. The van der Waals surface area contributed by atoms with E-state index in [-0.39, 0.29) is 17.1 Å². The van der Waals surface area contributed by atoms with Gasteiger partial charge in [-0.2, -0.15) is 4.98 Å². The lowest BCUT2D eigenvalue weighted by Gasteiger charge is -2.33. The van der Waals surface area contributed by atoms with Crippen molar-refractivity contribution in [2.75, 3.05) is 18.5 Å². The molecule has 3 aromatic rings. The Morgan fingerprint density at radius 2 is 2.23 bits per heavy atom. The number of anilines is 2. The summed E-state index contributed by atoms with van der Waals surface area (Å²) in [5, 5.41) is 3.08. The maximum absolute atomic E-state index is 13.3. The Hall–Kier alpha value is -2.58. The number of rotatable bonds is 5. The third kappa shape index (κ3) is 3.38. The van der Waals surface area contributed by atoms with Crippen LogP contribution >= 0.6 is 11.6 Å². The van der Waals surface area contributed by atoms with Crippen molar-refractivity contribution in [2.45, 2.75) is 13.0 Å². The molecule has 2 atom stereocenters. The van der Waals surface area contributed by atoms with Crippen molar-refractivity contribution in [3.63, 3.8) is 0 Å². The van der Waals surface area contributed by atoms with E-state index in [0.29, 0.717) is 35.1 Å². The number of benzene rings is 1. The molecular weight excluding hydrogens is 361 g/mol. The number of nitrogens with one attached hydrogen (secondary N) is 1. The largest absolute Gasteiger partial charge is 0.461 e. The number of aromatic nitrogens is 4. The van der Waals surface area contributed by atoms with Gasteiger partial charge in [-0.05, 0) is 18.2 Å². The van der Waals surface area contributed by atoms with Gasteiger partial charge in [-0.15, -0.1) is 0 Å². The second-order valence-electron chi connectivity index (χ2n) is 6.02. The van der Waals surface area contributed by atoms with E-state index < -0.39 is 5.82 Å². The molecule has 0 amide bonds. The lowest BCUT2D eigenvalue weighted by Crippen LogP contribution is -2.42. The van der Waals surface area contributed by atoms with Gasteiger partial charge in [-0.3, -0.25) is 0 Å². The highest BCUT2D eigenvalue weighted by Gasteiger charge is 2.28. The molecule has 1 saturated heterocycles. The average Bonchev–Trinajstić information content (AvgIpc) is 2.64. The molecule has 2 aromatic heterocycles. The molecule has 4 rings (SSSR count). The SMILES string of the molecule is CC1COC1COc1ncc2ncnc(Nc3ccc(F)c(Cl)c3)c2n1. The van der Waals surface area contributed by atoms with E-state index in [0.717, 1.165) is 6.61 Å². The first kappa shape index (κ1) is 16.9. The van der Waals surface area contributed by atoms with E-state index in [4.69, 9.17) is 21.1 Å². The number of nitrogens with zero attached hydrogens (tertiary/aromatic N) is 4. The van der Waals surface area contributed by atoms with Gasteiger partial charge in [0, 0.05) is 11.6 Å². The Morgan fingerprint density at radius 3 is 2.96 bits per heavy atom. The Morgan fingerprint density at radius 1 is 1.35 bits per heavy atom. The smallest absolute Gasteiger partial charge is 0.317 e. The van der Waals surface area contributed by atoms with Gasteiger partial charge >= 0.3 is 6.01 Å². The summed E-state index contributed by atoms with van der Waals surface area (Å²) in [6.45, 7) is 3.23. The van der Waals surface area contributed by atoms with Crippen molar-refractivity contribution in [3.8, 4) is 6.01 Å². The van der Waals surface area contributed by atoms with Gasteiger partial charge < -0.3 is 14.8 Å². The molecule has 0 bridgehead atoms. The topological polar surface area (TPSA) is 82.0 Å². The maximum atomic E-state index is 13.3. The van der Waals surface area contributed by atoms with Gasteiger partial charge in [0.05, 0.1) is 23.9 Å². The Labute approximate surface area is 153 Å². The number of fused-ring (bicyclic) bond motifs is 1. The highest BCUT2D eigenvalue weighted by Crippen LogP contribution is 2.26. The fourth-order valence-electron chi connectivity index (χ4n) is 2.50. The van der Waals surface area contributed by atoms with E-state index in [1.54, 1.807) is 12.3 Å². The molecule has 0 saturated carbocycles. The highest BCUT2D eigenvalue weighted by atomic mass is 35.5. The molecule has 1 aromatic carbocycles. The van der Waals surface area contributed by atoms with Crippen molar-refractivity contribution in [1.29, 1.82) is 0 Å². The predicted octanol–water partition coefficient (Wildman–Crippen LogP) is 3.37. The van der Waals surface area contributed by atoms with Gasteiger partial charge in [0.2, 0.25) is 0 Å². The zero-order valence-electron chi connectivity index (χ0n) is 13.8. The van der Waals surface area contributed by atoms with E-state index in [2.05, 4.69) is 32.2 Å². The minimum absolute atomic E-state index is 0.0154. The van der Waals surface area contributed by atoms with E-state index in [1.807, 2.05) is 0 Å². The molecule has 134 valence electrons. The molecule has 2 unspecified atom stereocenters. The molecule has 1 aliphatic heterocycles. The van der Waals surface area contributed by atoms with Crippen LogP contribution in [0.5, 0.6) is 6.01 Å². The second-order valence-corrected chi connectivity index (χ2v) is 6.43. The molecule has 26 heavy (non-hydrogen) atoms. The fourth-order valence-corrected chi connectivity index (χ4v) is 2.68. The zero-order chi connectivity index (χ0) is 18.1. The number of hydrogen-bond donors (Lipinski definition) is 1. The first-order valence-corrected chi connectivity index (χ1v) is 8.42. The van der Waals surface area contributed by atoms with Crippen LogP contribution in [0, 0.1) is 11.7 Å². The van der Waals surface area contributed by atoms with Crippen molar-refractivity contribution >= 4 is 34.1 Å². The summed E-state index contributed by atoms with van der Waals surface area (Å²) in [5.74, 6) is 0.410. The van der Waals surface area contributed by atoms with Crippen LogP contribution in [0.2, 0.25) is 5.02 Å². The quantitative estimate of drug-likeness (QED) is 0.732. The van der Waals surface area contributed by atoms with Crippen molar-refractivity contribution in [3.05, 3.63) is 41.6 Å². The van der Waals surface area contributed by atoms with Crippen LogP contribution in [-0.2, 0) is 4.74 Å². The third-order valence-electron chi connectivity index (χ3n) is 4.12. The second kappa shape index (κ2) is 6.97. The van der Waals surface area contributed by atoms with Crippen molar-refractivity contribution in [2.24, 2.45) is 5.92 Å². The highest BCUT2D eigenvalue weighted by molar-refractivity contribution is 6.31. The van der Waals surface area contributed by atoms with Crippen LogP contribution in [0.15, 0.2) is 30.7 Å². The number of hydrogen-bond acceptors (Lipinski definition) is 7. The Balaban J connectivity index is 1.59. The minimum atomic E-state index is -0.491.